The predicted octanol–water partition coefficient (Wildman–Crippen LogP) is 4.87. The lowest BCUT2D eigenvalue weighted by molar-refractivity contribution is -0.124. The Hall–Kier alpha value is -1.39. The molecule has 0 aliphatic heterocycles. The summed E-state index contributed by atoms with van der Waals surface area (Å²) >= 11 is 7.69. The second-order valence-electron chi connectivity index (χ2n) is 8.74. The van der Waals surface area contributed by atoms with Crippen molar-refractivity contribution in [1.82, 2.24) is 10.3 Å². The SMILES string of the molecule is O=C(Cc1csc(Cc2cccc(Cl)c2)n1)NC1C2CC3CC(C2)CC1C3. The number of nitrogens with zero attached hydrogens (tertiary/aromatic N) is 1. The monoisotopic (exact) mass is 400 g/mol. The van der Waals surface area contributed by atoms with Crippen LogP contribution in [0.1, 0.15) is 48.4 Å². The van der Waals surface area contributed by atoms with E-state index < -0.39 is 0 Å². The first-order valence-corrected chi connectivity index (χ1v) is 11.3. The molecule has 3 nitrogen and oxygen atoms in total. The molecular weight excluding hydrogens is 376 g/mol. The molecule has 142 valence electrons. The molecule has 2 aromatic rings. The van der Waals surface area contributed by atoms with Gasteiger partial charge in [0, 0.05) is 22.9 Å². The number of rotatable bonds is 5. The molecule has 4 aliphatic carbocycles. The van der Waals surface area contributed by atoms with Crippen LogP contribution in [-0.4, -0.2) is 16.9 Å². The summed E-state index contributed by atoms with van der Waals surface area (Å²) < 4.78 is 0. The van der Waals surface area contributed by atoms with Gasteiger partial charge in [-0.15, -0.1) is 11.3 Å². The zero-order chi connectivity index (χ0) is 18.4. The quantitative estimate of drug-likeness (QED) is 0.777. The largest absolute Gasteiger partial charge is 0.352 e. The van der Waals surface area contributed by atoms with E-state index in [-0.39, 0.29) is 5.91 Å². The van der Waals surface area contributed by atoms with Gasteiger partial charge in [-0.05, 0) is 73.5 Å². The van der Waals surface area contributed by atoms with E-state index in [4.69, 9.17) is 11.6 Å². The Morgan fingerprint density at radius 1 is 1.15 bits per heavy atom. The van der Waals surface area contributed by atoms with Crippen LogP contribution >= 0.6 is 22.9 Å². The van der Waals surface area contributed by atoms with E-state index in [0.717, 1.165) is 51.4 Å². The van der Waals surface area contributed by atoms with Gasteiger partial charge in [0.15, 0.2) is 0 Å². The lowest BCUT2D eigenvalue weighted by atomic mass is 9.54. The maximum atomic E-state index is 12.7. The van der Waals surface area contributed by atoms with Gasteiger partial charge in [0.25, 0.3) is 0 Å². The van der Waals surface area contributed by atoms with Crippen molar-refractivity contribution < 1.29 is 4.79 Å². The summed E-state index contributed by atoms with van der Waals surface area (Å²) in [6.07, 6.45) is 7.94. The van der Waals surface area contributed by atoms with Crippen molar-refractivity contribution in [3.63, 3.8) is 0 Å². The van der Waals surface area contributed by atoms with E-state index in [2.05, 4.69) is 16.4 Å². The minimum absolute atomic E-state index is 0.145. The van der Waals surface area contributed by atoms with Gasteiger partial charge in [-0.3, -0.25) is 4.79 Å². The predicted molar refractivity (Wildman–Crippen MR) is 109 cm³/mol. The molecule has 4 aliphatic rings. The smallest absolute Gasteiger partial charge is 0.226 e. The number of amides is 1. The molecule has 1 heterocycles. The second kappa shape index (κ2) is 7.21. The molecule has 4 bridgehead atoms. The van der Waals surface area contributed by atoms with Gasteiger partial charge < -0.3 is 5.32 Å². The second-order valence-corrected chi connectivity index (χ2v) is 10.1. The van der Waals surface area contributed by atoms with Crippen molar-refractivity contribution in [2.24, 2.45) is 23.7 Å². The van der Waals surface area contributed by atoms with Crippen molar-refractivity contribution >= 4 is 28.8 Å². The highest BCUT2D eigenvalue weighted by Crippen LogP contribution is 2.53. The number of carbonyl (C=O) groups excluding carboxylic acids is 1. The van der Waals surface area contributed by atoms with Crippen LogP contribution in [0.15, 0.2) is 29.6 Å². The Morgan fingerprint density at radius 2 is 1.89 bits per heavy atom. The van der Waals surface area contributed by atoms with Crippen molar-refractivity contribution in [3.05, 3.63) is 50.9 Å². The van der Waals surface area contributed by atoms with E-state index >= 15 is 0 Å². The van der Waals surface area contributed by atoms with Crippen LogP contribution in [0.5, 0.6) is 0 Å². The minimum Gasteiger partial charge on any atom is -0.352 e. The van der Waals surface area contributed by atoms with Gasteiger partial charge in [-0.2, -0.15) is 0 Å². The van der Waals surface area contributed by atoms with Gasteiger partial charge in [0.1, 0.15) is 0 Å². The number of halogens is 1. The van der Waals surface area contributed by atoms with Crippen LogP contribution < -0.4 is 5.32 Å². The van der Waals surface area contributed by atoms with Crippen molar-refractivity contribution in [2.45, 2.75) is 51.0 Å². The zero-order valence-electron chi connectivity index (χ0n) is 15.4. The van der Waals surface area contributed by atoms with E-state index in [1.54, 1.807) is 11.3 Å². The number of carbonyl (C=O) groups is 1. The van der Waals surface area contributed by atoms with Gasteiger partial charge in [0.2, 0.25) is 5.91 Å². The Labute approximate surface area is 169 Å². The average molecular weight is 401 g/mol. The third-order valence-electron chi connectivity index (χ3n) is 6.74. The standard InChI is InChI=1S/C22H25ClN2OS/c23-18-3-1-2-13(9-18)10-21-24-19(12-27-21)11-20(26)25-22-16-5-14-4-15(7-16)8-17(22)6-14/h1-3,9,12,14-17,22H,4-8,10-11H2,(H,25,26). The molecular formula is C22H25ClN2OS. The number of hydrogen-bond acceptors (Lipinski definition) is 3. The molecule has 0 radical (unpaired) electrons. The molecule has 1 aromatic heterocycles. The summed E-state index contributed by atoms with van der Waals surface area (Å²) in [4.78, 5) is 17.3. The lowest BCUT2D eigenvalue weighted by Crippen LogP contribution is -2.56. The first-order valence-electron chi connectivity index (χ1n) is 10.1. The highest BCUT2D eigenvalue weighted by atomic mass is 35.5. The van der Waals surface area contributed by atoms with Crippen molar-refractivity contribution in [2.75, 3.05) is 0 Å². The zero-order valence-corrected chi connectivity index (χ0v) is 16.9. The molecule has 5 heteroatoms. The van der Waals surface area contributed by atoms with Crippen LogP contribution in [-0.2, 0) is 17.6 Å². The van der Waals surface area contributed by atoms with Crippen molar-refractivity contribution in [3.8, 4) is 0 Å². The summed E-state index contributed by atoms with van der Waals surface area (Å²) in [5.41, 5.74) is 2.04. The molecule has 6 rings (SSSR count). The maximum absolute atomic E-state index is 12.7. The Morgan fingerprint density at radius 3 is 2.59 bits per heavy atom. The number of benzene rings is 1. The summed E-state index contributed by atoms with van der Waals surface area (Å²) in [5.74, 6) is 3.46. The summed E-state index contributed by atoms with van der Waals surface area (Å²) in [6.45, 7) is 0. The van der Waals surface area contributed by atoms with E-state index in [0.29, 0.717) is 12.5 Å². The number of hydrogen-bond donors (Lipinski definition) is 1. The normalized spacial score (nSPS) is 31.2. The van der Waals surface area contributed by atoms with Crippen LogP contribution in [0.25, 0.3) is 0 Å². The molecule has 4 saturated carbocycles. The van der Waals surface area contributed by atoms with Crippen molar-refractivity contribution in [1.29, 1.82) is 0 Å². The molecule has 4 fully saturated rings. The molecule has 27 heavy (non-hydrogen) atoms. The minimum atomic E-state index is 0.145. The third-order valence-corrected chi connectivity index (χ3v) is 7.87. The molecule has 0 atom stereocenters. The van der Waals surface area contributed by atoms with Crippen LogP contribution in [0.4, 0.5) is 0 Å². The Kier molecular flexibility index (Phi) is 4.73. The topological polar surface area (TPSA) is 42.0 Å². The fraction of sp³-hybridized carbons (Fsp3) is 0.545. The summed E-state index contributed by atoms with van der Waals surface area (Å²) in [6, 6.07) is 8.29. The number of aromatic nitrogens is 1. The highest BCUT2D eigenvalue weighted by molar-refractivity contribution is 7.09. The van der Waals surface area contributed by atoms with Gasteiger partial charge in [-0.25, -0.2) is 4.98 Å². The van der Waals surface area contributed by atoms with E-state index in [1.165, 1.54) is 32.1 Å². The van der Waals surface area contributed by atoms with Crippen LogP contribution in [0.3, 0.4) is 0 Å². The third kappa shape index (κ3) is 3.79. The molecule has 1 aromatic carbocycles. The van der Waals surface area contributed by atoms with Crippen LogP contribution in [0.2, 0.25) is 5.02 Å². The van der Waals surface area contributed by atoms with E-state index in [1.807, 2.05) is 23.6 Å². The number of thiazole rings is 1. The van der Waals surface area contributed by atoms with E-state index in [9.17, 15) is 4.79 Å². The molecule has 0 spiro atoms. The lowest BCUT2D eigenvalue weighted by Gasteiger charge is -2.54. The first-order chi connectivity index (χ1) is 13.1. The molecule has 0 saturated heterocycles. The maximum Gasteiger partial charge on any atom is 0.226 e. The number of nitrogens with one attached hydrogen (secondary N) is 1. The Bertz CT molecular complexity index is 820. The fourth-order valence-corrected chi connectivity index (χ4v) is 6.94. The molecule has 1 amide bonds. The van der Waals surface area contributed by atoms with Gasteiger partial charge in [0.05, 0.1) is 17.1 Å². The molecule has 0 unspecified atom stereocenters. The summed E-state index contributed by atoms with van der Waals surface area (Å²) in [5, 5.41) is 7.20. The van der Waals surface area contributed by atoms with Crippen LogP contribution in [0, 0.1) is 23.7 Å². The van der Waals surface area contributed by atoms with Gasteiger partial charge >= 0.3 is 0 Å². The Balaban J connectivity index is 1.19. The van der Waals surface area contributed by atoms with Gasteiger partial charge in [-0.1, -0.05) is 23.7 Å². The molecule has 1 N–H and O–H groups in total. The summed E-state index contributed by atoms with van der Waals surface area (Å²) in [7, 11) is 0. The highest BCUT2D eigenvalue weighted by Gasteiger charge is 2.48. The fourth-order valence-electron chi connectivity index (χ4n) is 5.90. The first kappa shape index (κ1) is 17.7. The average Bonchev–Trinajstić information content (AvgIpc) is 3.04.